The Bertz CT molecular complexity index is 1000. The zero-order valence-electron chi connectivity index (χ0n) is 19.0. The number of carboxylic acid groups (broad SMARTS) is 1. The monoisotopic (exact) mass is 508 g/mol. The van der Waals surface area contributed by atoms with Gasteiger partial charge >= 0.3 is 5.97 Å². The molecular formula is C24H29ClN2O4S2. The average molecular weight is 509 g/mol. The SMILES string of the molecule is CC(C)(C)SCC(C1CC1)N1C(=O)C(Cc2ncc(C(=O)O)s2)OC[C@H]1c1ccc(Cl)cc1. The number of hydrogen-bond acceptors (Lipinski definition) is 6. The predicted octanol–water partition coefficient (Wildman–Crippen LogP) is 5.32. The third-order valence-corrected chi connectivity index (χ3v) is 8.54. The van der Waals surface area contributed by atoms with Crippen LogP contribution in [0.15, 0.2) is 30.5 Å². The minimum Gasteiger partial charge on any atom is -0.477 e. The van der Waals surface area contributed by atoms with Crippen LogP contribution >= 0.6 is 34.7 Å². The van der Waals surface area contributed by atoms with Crippen LogP contribution in [0.5, 0.6) is 0 Å². The lowest BCUT2D eigenvalue weighted by Crippen LogP contribution is -2.56. The minimum atomic E-state index is -1.01. The number of nitrogens with zero attached hydrogens (tertiary/aromatic N) is 2. The standard InChI is InChI=1S/C24H29ClN2O4S2/c1-24(2,3)32-13-18(15-4-5-15)27-17(14-6-8-16(25)9-7-14)12-31-19(22(27)28)10-21-26-11-20(33-21)23(29)30/h6-9,11,15,17-19H,4-5,10,12-13H2,1-3H3,(H,29,30)/t17-,18?,19?/m0/s1. The Labute approximate surface area is 207 Å². The van der Waals surface area contributed by atoms with E-state index in [1.54, 1.807) is 0 Å². The van der Waals surface area contributed by atoms with Crippen molar-refractivity contribution in [2.24, 2.45) is 5.92 Å². The molecule has 1 saturated carbocycles. The molecule has 0 radical (unpaired) electrons. The summed E-state index contributed by atoms with van der Waals surface area (Å²) in [6.45, 7) is 6.98. The van der Waals surface area contributed by atoms with Crippen molar-refractivity contribution < 1.29 is 19.4 Å². The fourth-order valence-corrected chi connectivity index (χ4v) is 6.10. The van der Waals surface area contributed by atoms with Crippen LogP contribution in [-0.4, -0.2) is 56.1 Å². The number of carbonyl (C=O) groups is 2. The first-order valence-electron chi connectivity index (χ1n) is 11.1. The van der Waals surface area contributed by atoms with Gasteiger partial charge in [-0.25, -0.2) is 9.78 Å². The van der Waals surface area contributed by atoms with Crippen molar-refractivity contribution in [3.63, 3.8) is 0 Å². The van der Waals surface area contributed by atoms with Crippen LogP contribution in [0.2, 0.25) is 5.02 Å². The second-order valence-corrected chi connectivity index (χ2v) is 13.0. The molecule has 1 aliphatic heterocycles. The molecule has 2 aromatic rings. The molecule has 0 bridgehead atoms. The minimum absolute atomic E-state index is 0.0420. The van der Waals surface area contributed by atoms with Crippen LogP contribution in [0, 0.1) is 5.92 Å². The molecule has 2 heterocycles. The number of ether oxygens (including phenoxy) is 1. The van der Waals surface area contributed by atoms with Gasteiger partial charge in [-0.05, 0) is 36.5 Å². The summed E-state index contributed by atoms with van der Waals surface area (Å²) < 4.78 is 6.18. The van der Waals surface area contributed by atoms with Gasteiger partial charge < -0.3 is 14.7 Å². The first-order chi connectivity index (χ1) is 15.6. The zero-order valence-corrected chi connectivity index (χ0v) is 21.4. The molecule has 1 aromatic carbocycles. The molecule has 4 rings (SSSR count). The molecule has 3 atom stereocenters. The van der Waals surface area contributed by atoms with E-state index in [0.29, 0.717) is 22.6 Å². The van der Waals surface area contributed by atoms with Crippen molar-refractivity contribution in [2.45, 2.75) is 63.0 Å². The maximum Gasteiger partial charge on any atom is 0.347 e. The number of halogens is 1. The summed E-state index contributed by atoms with van der Waals surface area (Å²) in [6.07, 6.45) is 3.22. The van der Waals surface area contributed by atoms with Gasteiger partial charge in [0.1, 0.15) is 11.0 Å². The molecule has 0 spiro atoms. The Balaban J connectivity index is 1.61. The molecule has 9 heteroatoms. The van der Waals surface area contributed by atoms with E-state index >= 15 is 0 Å². The van der Waals surface area contributed by atoms with E-state index in [1.807, 2.05) is 36.0 Å². The second kappa shape index (κ2) is 9.94. The first-order valence-corrected chi connectivity index (χ1v) is 13.3. The Kier molecular flexibility index (Phi) is 7.38. The fraction of sp³-hybridized carbons (Fsp3) is 0.542. The second-order valence-electron chi connectivity index (χ2n) is 9.59. The number of aromatic carboxylic acids is 1. The van der Waals surface area contributed by atoms with Gasteiger partial charge in [-0.1, -0.05) is 44.5 Å². The van der Waals surface area contributed by atoms with Gasteiger partial charge in [0.05, 0.1) is 23.9 Å². The summed E-state index contributed by atoms with van der Waals surface area (Å²) in [5, 5.41) is 10.5. The Morgan fingerprint density at radius 1 is 1.33 bits per heavy atom. The third-order valence-electron chi connectivity index (χ3n) is 5.91. The van der Waals surface area contributed by atoms with Crippen LogP contribution < -0.4 is 0 Å². The summed E-state index contributed by atoms with van der Waals surface area (Å²) in [6, 6.07) is 7.59. The largest absolute Gasteiger partial charge is 0.477 e. The van der Waals surface area contributed by atoms with Crippen molar-refractivity contribution in [3.05, 3.63) is 50.9 Å². The van der Waals surface area contributed by atoms with Crippen molar-refractivity contribution in [2.75, 3.05) is 12.4 Å². The van der Waals surface area contributed by atoms with Crippen LogP contribution in [0.1, 0.15) is 59.9 Å². The lowest BCUT2D eigenvalue weighted by Gasteiger charge is -2.44. The molecule has 1 aliphatic carbocycles. The predicted molar refractivity (Wildman–Crippen MR) is 132 cm³/mol. The number of carboxylic acids is 1. The summed E-state index contributed by atoms with van der Waals surface area (Å²) in [5.74, 6) is 0.319. The molecule has 1 N–H and O–H groups in total. The highest BCUT2D eigenvalue weighted by atomic mass is 35.5. The van der Waals surface area contributed by atoms with E-state index < -0.39 is 12.1 Å². The Hall–Kier alpha value is -1.61. The summed E-state index contributed by atoms with van der Waals surface area (Å²) >= 11 is 9.10. The average Bonchev–Trinajstić information content (AvgIpc) is 3.47. The number of benzene rings is 1. The van der Waals surface area contributed by atoms with Gasteiger partial charge in [0.15, 0.2) is 0 Å². The third kappa shape index (κ3) is 6.10. The van der Waals surface area contributed by atoms with Gasteiger partial charge in [-0.15, -0.1) is 11.3 Å². The number of carbonyl (C=O) groups excluding carboxylic acids is 1. The summed E-state index contributed by atoms with van der Waals surface area (Å²) in [5.41, 5.74) is 1.01. The molecule has 1 amide bonds. The van der Waals surface area contributed by atoms with Gasteiger partial charge in [0, 0.05) is 28.0 Å². The van der Waals surface area contributed by atoms with E-state index in [9.17, 15) is 14.7 Å². The molecule has 2 fully saturated rings. The molecule has 2 unspecified atom stereocenters. The highest BCUT2D eigenvalue weighted by Gasteiger charge is 2.46. The topological polar surface area (TPSA) is 79.7 Å². The number of hydrogen-bond donors (Lipinski definition) is 1. The summed E-state index contributed by atoms with van der Waals surface area (Å²) in [4.78, 5) is 31.5. The van der Waals surface area contributed by atoms with Crippen LogP contribution in [0.3, 0.4) is 0 Å². The Morgan fingerprint density at radius 3 is 2.61 bits per heavy atom. The van der Waals surface area contributed by atoms with E-state index in [2.05, 4.69) is 30.7 Å². The van der Waals surface area contributed by atoms with Gasteiger partial charge in [0.25, 0.3) is 5.91 Å². The molecule has 33 heavy (non-hydrogen) atoms. The number of thiazole rings is 1. The number of rotatable bonds is 8. The number of aromatic nitrogens is 1. The number of amides is 1. The number of thioether (sulfide) groups is 1. The molecule has 1 saturated heterocycles. The normalized spacial score (nSPS) is 22.4. The van der Waals surface area contributed by atoms with E-state index in [-0.39, 0.29) is 34.0 Å². The summed E-state index contributed by atoms with van der Waals surface area (Å²) in [7, 11) is 0. The van der Waals surface area contributed by atoms with Gasteiger partial charge in [0.2, 0.25) is 0 Å². The molecular weight excluding hydrogens is 480 g/mol. The van der Waals surface area contributed by atoms with Crippen molar-refractivity contribution >= 4 is 46.6 Å². The van der Waals surface area contributed by atoms with Crippen molar-refractivity contribution in [1.29, 1.82) is 0 Å². The van der Waals surface area contributed by atoms with Crippen LogP contribution in [0.4, 0.5) is 0 Å². The van der Waals surface area contributed by atoms with Gasteiger partial charge in [-0.3, -0.25) is 4.79 Å². The molecule has 6 nitrogen and oxygen atoms in total. The molecule has 178 valence electrons. The smallest absolute Gasteiger partial charge is 0.347 e. The quantitative estimate of drug-likeness (QED) is 0.520. The van der Waals surface area contributed by atoms with E-state index in [4.69, 9.17) is 16.3 Å². The van der Waals surface area contributed by atoms with Crippen LogP contribution in [-0.2, 0) is 16.0 Å². The first kappa shape index (κ1) is 24.5. The highest BCUT2D eigenvalue weighted by molar-refractivity contribution is 8.00. The zero-order chi connectivity index (χ0) is 23.8. The van der Waals surface area contributed by atoms with E-state index in [0.717, 1.165) is 35.5 Å². The van der Waals surface area contributed by atoms with E-state index in [1.165, 1.54) is 6.20 Å². The lowest BCUT2D eigenvalue weighted by molar-refractivity contribution is -0.164. The van der Waals surface area contributed by atoms with Gasteiger partial charge in [-0.2, -0.15) is 11.8 Å². The van der Waals surface area contributed by atoms with Crippen molar-refractivity contribution in [3.8, 4) is 0 Å². The molecule has 2 aliphatic rings. The fourth-order valence-electron chi connectivity index (χ4n) is 4.08. The van der Waals surface area contributed by atoms with Crippen LogP contribution in [0.25, 0.3) is 0 Å². The molecule has 1 aromatic heterocycles. The number of morpholine rings is 1. The van der Waals surface area contributed by atoms with Crippen molar-refractivity contribution in [1.82, 2.24) is 9.88 Å². The Morgan fingerprint density at radius 2 is 2.03 bits per heavy atom. The lowest BCUT2D eigenvalue weighted by atomic mass is 9.98. The maximum atomic E-state index is 13.8. The highest BCUT2D eigenvalue weighted by Crippen LogP contribution is 2.43. The maximum absolute atomic E-state index is 13.8.